The standard InChI is InChI=1S/C16H21NO6/c1-4-22-14(19)5-6-17-12-7-11(9-18)8-13(21-3)15(12)23-10(2)16(17)20/h7-8,10,18H,4-6,9H2,1-3H3. The van der Waals surface area contributed by atoms with Gasteiger partial charge in [0, 0.05) is 6.54 Å². The molecule has 1 atom stereocenters. The number of rotatable bonds is 6. The van der Waals surface area contributed by atoms with Crippen LogP contribution in [0.2, 0.25) is 0 Å². The zero-order chi connectivity index (χ0) is 17.0. The van der Waals surface area contributed by atoms with Gasteiger partial charge in [0.25, 0.3) is 5.91 Å². The lowest BCUT2D eigenvalue weighted by Gasteiger charge is -2.34. The number of hydrogen-bond donors (Lipinski definition) is 1. The number of aliphatic hydroxyl groups is 1. The summed E-state index contributed by atoms with van der Waals surface area (Å²) in [4.78, 5) is 25.5. The van der Waals surface area contributed by atoms with E-state index in [0.29, 0.717) is 29.4 Å². The molecule has 0 fully saturated rings. The maximum absolute atomic E-state index is 12.4. The Morgan fingerprint density at radius 2 is 2.17 bits per heavy atom. The number of carbonyl (C=O) groups excluding carboxylic acids is 2. The van der Waals surface area contributed by atoms with Crippen molar-refractivity contribution < 1.29 is 28.9 Å². The van der Waals surface area contributed by atoms with Gasteiger partial charge >= 0.3 is 5.97 Å². The molecule has 1 amide bonds. The number of benzene rings is 1. The van der Waals surface area contributed by atoms with Crippen LogP contribution in [-0.2, 0) is 20.9 Å². The molecule has 0 aromatic heterocycles. The van der Waals surface area contributed by atoms with Crippen LogP contribution in [0.4, 0.5) is 5.69 Å². The van der Waals surface area contributed by atoms with E-state index in [9.17, 15) is 14.7 Å². The average molecular weight is 323 g/mol. The molecular formula is C16H21NO6. The number of anilines is 1. The Morgan fingerprint density at radius 1 is 1.43 bits per heavy atom. The number of hydrogen-bond acceptors (Lipinski definition) is 6. The van der Waals surface area contributed by atoms with Crippen molar-refractivity contribution in [2.45, 2.75) is 33.0 Å². The highest BCUT2D eigenvalue weighted by Crippen LogP contribution is 2.42. The van der Waals surface area contributed by atoms with Crippen LogP contribution >= 0.6 is 0 Å². The minimum atomic E-state index is -0.682. The third kappa shape index (κ3) is 3.56. The molecule has 0 saturated carbocycles. The summed E-state index contributed by atoms with van der Waals surface area (Å²) in [5, 5.41) is 9.38. The molecule has 1 aromatic carbocycles. The van der Waals surface area contributed by atoms with Crippen molar-refractivity contribution in [1.29, 1.82) is 0 Å². The third-order valence-electron chi connectivity index (χ3n) is 3.54. The first-order valence-corrected chi connectivity index (χ1v) is 7.47. The van der Waals surface area contributed by atoms with Gasteiger partial charge in [-0.15, -0.1) is 0 Å². The van der Waals surface area contributed by atoms with Crippen molar-refractivity contribution in [3.05, 3.63) is 17.7 Å². The second-order valence-corrected chi connectivity index (χ2v) is 5.11. The molecule has 1 aliphatic heterocycles. The molecule has 1 unspecified atom stereocenters. The number of fused-ring (bicyclic) bond motifs is 1. The summed E-state index contributed by atoms with van der Waals surface area (Å²) in [6, 6.07) is 3.32. The SMILES string of the molecule is CCOC(=O)CCN1C(=O)C(C)Oc2c(OC)cc(CO)cc21. The van der Waals surface area contributed by atoms with E-state index in [1.54, 1.807) is 26.0 Å². The summed E-state index contributed by atoms with van der Waals surface area (Å²) < 4.78 is 15.8. The Kier molecular flexibility index (Phi) is 5.44. The van der Waals surface area contributed by atoms with E-state index in [1.807, 2.05) is 0 Å². The van der Waals surface area contributed by atoms with Crippen LogP contribution < -0.4 is 14.4 Å². The molecule has 23 heavy (non-hydrogen) atoms. The monoisotopic (exact) mass is 323 g/mol. The van der Waals surface area contributed by atoms with Crippen molar-refractivity contribution in [2.75, 3.05) is 25.2 Å². The summed E-state index contributed by atoms with van der Waals surface area (Å²) >= 11 is 0. The van der Waals surface area contributed by atoms with Crippen LogP contribution in [0.15, 0.2) is 12.1 Å². The number of methoxy groups -OCH3 is 1. The van der Waals surface area contributed by atoms with E-state index in [4.69, 9.17) is 14.2 Å². The Balaban J connectivity index is 2.35. The van der Waals surface area contributed by atoms with Gasteiger partial charge in [-0.1, -0.05) is 0 Å². The molecule has 0 aliphatic carbocycles. The van der Waals surface area contributed by atoms with E-state index in [1.165, 1.54) is 12.0 Å². The van der Waals surface area contributed by atoms with Crippen molar-refractivity contribution in [3.8, 4) is 11.5 Å². The summed E-state index contributed by atoms with van der Waals surface area (Å²) in [6.07, 6.45) is -0.601. The Morgan fingerprint density at radius 3 is 2.78 bits per heavy atom. The fourth-order valence-corrected chi connectivity index (χ4v) is 2.44. The van der Waals surface area contributed by atoms with Gasteiger partial charge in [-0.3, -0.25) is 9.59 Å². The smallest absolute Gasteiger partial charge is 0.307 e. The largest absolute Gasteiger partial charge is 0.493 e. The molecule has 7 nitrogen and oxygen atoms in total. The van der Waals surface area contributed by atoms with Crippen molar-refractivity contribution in [1.82, 2.24) is 0 Å². The van der Waals surface area contributed by atoms with E-state index in [0.717, 1.165) is 0 Å². The number of amides is 1. The topological polar surface area (TPSA) is 85.3 Å². The van der Waals surface area contributed by atoms with E-state index in [2.05, 4.69) is 0 Å². The number of nitrogens with zero attached hydrogens (tertiary/aromatic N) is 1. The highest BCUT2D eigenvalue weighted by Gasteiger charge is 2.34. The van der Waals surface area contributed by atoms with Gasteiger partial charge in [-0.2, -0.15) is 0 Å². The van der Waals surface area contributed by atoms with Gasteiger partial charge in [0.05, 0.1) is 32.4 Å². The van der Waals surface area contributed by atoms with E-state index >= 15 is 0 Å². The number of aliphatic hydroxyl groups excluding tert-OH is 1. The molecule has 126 valence electrons. The number of esters is 1. The Hall–Kier alpha value is -2.28. The lowest BCUT2D eigenvalue weighted by atomic mass is 10.1. The first kappa shape index (κ1) is 17.1. The molecular weight excluding hydrogens is 302 g/mol. The number of carbonyl (C=O) groups is 2. The first-order valence-electron chi connectivity index (χ1n) is 7.47. The fraction of sp³-hybridized carbons (Fsp3) is 0.500. The van der Waals surface area contributed by atoms with Crippen molar-refractivity contribution in [3.63, 3.8) is 0 Å². The molecule has 0 spiro atoms. The van der Waals surface area contributed by atoms with Crippen LogP contribution in [0.5, 0.6) is 11.5 Å². The highest BCUT2D eigenvalue weighted by atomic mass is 16.5. The van der Waals surface area contributed by atoms with Crippen LogP contribution in [0.1, 0.15) is 25.8 Å². The molecule has 2 rings (SSSR count). The van der Waals surface area contributed by atoms with E-state index < -0.39 is 6.10 Å². The van der Waals surface area contributed by atoms with Crippen molar-refractivity contribution in [2.24, 2.45) is 0 Å². The van der Waals surface area contributed by atoms with Crippen LogP contribution in [-0.4, -0.2) is 43.3 Å². The minimum absolute atomic E-state index is 0.0808. The van der Waals surface area contributed by atoms with Gasteiger partial charge in [0.15, 0.2) is 17.6 Å². The zero-order valence-electron chi connectivity index (χ0n) is 13.5. The molecule has 1 N–H and O–H groups in total. The third-order valence-corrected chi connectivity index (χ3v) is 3.54. The predicted octanol–water partition coefficient (Wildman–Crippen LogP) is 1.25. The van der Waals surface area contributed by atoms with Gasteiger partial charge in [-0.05, 0) is 31.5 Å². The van der Waals surface area contributed by atoms with Crippen LogP contribution in [0, 0.1) is 0 Å². The molecule has 0 bridgehead atoms. The van der Waals surface area contributed by atoms with Gasteiger partial charge < -0.3 is 24.2 Å². The summed E-state index contributed by atoms with van der Waals surface area (Å²) in [6.45, 7) is 3.65. The van der Waals surface area contributed by atoms with Gasteiger partial charge in [0.2, 0.25) is 0 Å². The first-order chi connectivity index (χ1) is 11.0. The summed E-state index contributed by atoms with van der Waals surface area (Å²) in [5.41, 5.74) is 1.08. The molecule has 1 aromatic rings. The average Bonchev–Trinajstić information content (AvgIpc) is 2.54. The van der Waals surface area contributed by atoms with Crippen LogP contribution in [0.3, 0.4) is 0 Å². The summed E-state index contributed by atoms with van der Waals surface area (Å²) in [5.74, 6) is 0.248. The summed E-state index contributed by atoms with van der Waals surface area (Å²) in [7, 11) is 1.49. The lowest BCUT2D eigenvalue weighted by molar-refractivity contribution is -0.142. The minimum Gasteiger partial charge on any atom is -0.493 e. The Labute approximate surface area is 134 Å². The molecule has 7 heteroatoms. The predicted molar refractivity (Wildman–Crippen MR) is 82.6 cm³/mol. The second kappa shape index (κ2) is 7.32. The Bertz CT molecular complexity index is 600. The number of ether oxygens (including phenoxy) is 3. The zero-order valence-corrected chi connectivity index (χ0v) is 13.5. The maximum Gasteiger partial charge on any atom is 0.307 e. The van der Waals surface area contributed by atoms with Crippen molar-refractivity contribution >= 4 is 17.6 Å². The van der Waals surface area contributed by atoms with Gasteiger partial charge in [0.1, 0.15) is 0 Å². The highest BCUT2D eigenvalue weighted by molar-refractivity contribution is 6.01. The molecule has 1 aliphatic rings. The molecule has 0 saturated heterocycles. The normalized spacial score (nSPS) is 16.6. The molecule has 0 radical (unpaired) electrons. The quantitative estimate of drug-likeness (QED) is 0.793. The molecule has 1 heterocycles. The second-order valence-electron chi connectivity index (χ2n) is 5.11. The lowest BCUT2D eigenvalue weighted by Crippen LogP contribution is -2.45. The van der Waals surface area contributed by atoms with E-state index in [-0.39, 0.29) is 31.4 Å². The van der Waals surface area contributed by atoms with Crippen LogP contribution in [0.25, 0.3) is 0 Å². The fourth-order valence-electron chi connectivity index (χ4n) is 2.44. The van der Waals surface area contributed by atoms with Gasteiger partial charge in [-0.25, -0.2) is 0 Å². The maximum atomic E-state index is 12.4.